The number of amidine groups is 1. The number of benzene rings is 4. The molecule has 5 nitrogen and oxygen atoms in total. The Morgan fingerprint density at radius 1 is 0.657 bits per heavy atom. The molecule has 0 amide bonds. The molecule has 0 radical (unpaired) electrons. The van der Waals surface area contributed by atoms with Gasteiger partial charge in [-0.05, 0) is 30.3 Å². The van der Waals surface area contributed by atoms with Gasteiger partial charge < -0.3 is 0 Å². The fourth-order valence-electron chi connectivity index (χ4n) is 4.27. The van der Waals surface area contributed by atoms with Crippen molar-refractivity contribution in [3.8, 4) is 9.88 Å². The van der Waals surface area contributed by atoms with Gasteiger partial charge in [0.2, 0.25) is 0 Å². The molecule has 2 aromatic heterocycles. The van der Waals surface area contributed by atoms with Gasteiger partial charge in [0.25, 0.3) is 0 Å². The van der Waals surface area contributed by atoms with E-state index in [-0.39, 0.29) is 0 Å². The number of nitrogens with zero attached hydrogens (tertiary/aromatic N) is 4. The second-order valence-electron chi connectivity index (χ2n) is 8.13. The Morgan fingerprint density at radius 3 is 2.14 bits per heavy atom. The average Bonchev–Trinajstić information content (AvgIpc) is 3.64. The first-order chi connectivity index (χ1) is 17.3. The van der Waals surface area contributed by atoms with Gasteiger partial charge in [0.15, 0.2) is 5.84 Å². The fraction of sp³-hybridized carbons (Fsp3) is 0. The first-order valence-corrected chi connectivity index (χ1v) is 12.9. The summed E-state index contributed by atoms with van der Waals surface area (Å²) >= 11 is 3.48. The van der Waals surface area contributed by atoms with E-state index in [1.165, 1.54) is 9.40 Å². The number of anilines is 2. The summed E-state index contributed by atoms with van der Waals surface area (Å²) in [6.07, 6.45) is 0. The number of aromatic nitrogens is 1. The lowest BCUT2D eigenvalue weighted by molar-refractivity contribution is 0.776. The van der Waals surface area contributed by atoms with E-state index in [1.54, 1.807) is 22.7 Å². The van der Waals surface area contributed by atoms with Crippen molar-refractivity contribution in [2.45, 2.75) is 0 Å². The van der Waals surface area contributed by atoms with Crippen LogP contribution in [0, 0.1) is 0 Å². The lowest BCUT2D eigenvalue weighted by Crippen LogP contribution is -2.44. The molecule has 0 spiro atoms. The Balaban J connectivity index is 1.44. The molecule has 1 aliphatic rings. The van der Waals surface area contributed by atoms with Crippen LogP contribution in [-0.2, 0) is 0 Å². The van der Waals surface area contributed by atoms with Crippen LogP contribution in [-0.4, -0.2) is 10.8 Å². The second kappa shape index (κ2) is 8.23. The van der Waals surface area contributed by atoms with Crippen LogP contribution in [0.5, 0.6) is 0 Å². The minimum Gasteiger partial charge on any atom is -0.259 e. The molecule has 168 valence electrons. The second-order valence-corrected chi connectivity index (χ2v) is 10.2. The van der Waals surface area contributed by atoms with E-state index >= 15 is 0 Å². The highest BCUT2D eigenvalue weighted by molar-refractivity contribution is 7.28. The van der Waals surface area contributed by atoms with Crippen LogP contribution in [0.1, 0.15) is 5.56 Å². The highest BCUT2D eigenvalue weighted by atomic mass is 32.1. The summed E-state index contributed by atoms with van der Waals surface area (Å²) in [5.41, 5.74) is 7.65. The summed E-state index contributed by atoms with van der Waals surface area (Å²) in [7, 11) is 0. The normalized spacial score (nSPS) is 13.4. The number of nitrogens with one attached hydrogen (secondary N) is 1. The monoisotopic (exact) mass is 489 g/mol. The summed E-state index contributed by atoms with van der Waals surface area (Å²) in [6, 6.07) is 37.2. The summed E-state index contributed by atoms with van der Waals surface area (Å²) in [5, 5.41) is 11.2. The van der Waals surface area contributed by atoms with Gasteiger partial charge in [-0.2, -0.15) is 10.2 Å². The van der Waals surface area contributed by atoms with E-state index in [0.29, 0.717) is 0 Å². The van der Waals surface area contributed by atoms with Gasteiger partial charge in [-0.25, -0.2) is 4.98 Å². The minimum absolute atomic E-state index is 0.792. The fourth-order valence-corrected chi connectivity index (χ4v) is 6.49. The smallest absolute Gasteiger partial charge is 0.176 e. The van der Waals surface area contributed by atoms with Crippen molar-refractivity contribution >= 4 is 60.2 Å². The highest BCUT2D eigenvalue weighted by Crippen LogP contribution is 2.47. The van der Waals surface area contributed by atoms with Gasteiger partial charge in [-0.3, -0.25) is 5.43 Å². The number of rotatable bonds is 4. The molecule has 6 aromatic rings. The van der Waals surface area contributed by atoms with Gasteiger partial charge >= 0.3 is 0 Å². The summed E-state index contributed by atoms with van der Waals surface area (Å²) in [6.45, 7) is 0. The Bertz CT molecular complexity index is 1660. The predicted molar refractivity (Wildman–Crippen MR) is 148 cm³/mol. The molecule has 0 saturated carbocycles. The van der Waals surface area contributed by atoms with Crippen molar-refractivity contribution in [2.24, 2.45) is 5.10 Å². The van der Waals surface area contributed by atoms with Crippen molar-refractivity contribution in [1.82, 2.24) is 10.4 Å². The quantitative estimate of drug-likeness (QED) is 0.282. The molecule has 3 heterocycles. The molecular weight excluding hydrogens is 470 g/mol. The lowest BCUT2D eigenvalue weighted by Gasteiger charge is -2.28. The third-order valence-electron chi connectivity index (χ3n) is 5.90. The number of thiazole rings is 1. The summed E-state index contributed by atoms with van der Waals surface area (Å²) in [5.74, 6) is 0.792. The zero-order valence-electron chi connectivity index (χ0n) is 18.5. The molecule has 0 unspecified atom stereocenters. The molecule has 0 atom stereocenters. The molecule has 7 rings (SSSR count). The molecule has 35 heavy (non-hydrogen) atoms. The topological polar surface area (TPSA) is 43.8 Å². The van der Waals surface area contributed by atoms with Crippen LogP contribution in [0.2, 0.25) is 0 Å². The maximum absolute atomic E-state index is 5.00. The third kappa shape index (κ3) is 3.44. The van der Waals surface area contributed by atoms with E-state index in [0.717, 1.165) is 43.6 Å². The number of para-hydroxylation sites is 2. The third-order valence-corrected chi connectivity index (χ3v) is 8.25. The van der Waals surface area contributed by atoms with Crippen molar-refractivity contribution in [1.29, 1.82) is 0 Å². The molecular formula is C28H19N5S2. The van der Waals surface area contributed by atoms with Crippen LogP contribution in [0.4, 0.5) is 11.4 Å². The minimum atomic E-state index is 0.792. The van der Waals surface area contributed by atoms with Gasteiger partial charge in [-0.15, -0.1) is 27.8 Å². The SMILES string of the molecule is c1ccc(C2=NN(c3ccccc3)N(c3c(-c4nc5ccccc5s4)sc4ccccc34)N2)cc1. The largest absolute Gasteiger partial charge is 0.259 e. The molecule has 0 aliphatic carbocycles. The standard InChI is InChI=1S/C28H19N5S2/c1-3-11-19(12-4-1)27-30-32(20-13-5-2-6-14-20)33(31-27)25-21-15-7-9-17-23(21)34-26(25)28-29-22-16-8-10-18-24(22)35-28/h1-18H,(H,30,31). The van der Waals surface area contributed by atoms with E-state index in [4.69, 9.17) is 10.1 Å². The maximum Gasteiger partial charge on any atom is 0.176 e. The van der Waals surface area contributed by atoms with Gasteiger partial charge in [0, 0.05) is 15.6 Å². The zero-order chi connectivity index (χ0) is 23.2. The van der Waals surface area contributed by atoms with Crippen LogP contribution in [0.3, 0.4) is 0 Å². The maximum atomic E-state index is 5.00. The Morgan fingerprint density at radius 2 is 1.34 bits per heavy atom. The molecule has 1 aliphatic heterocycles. The first-order valence-electron chi connectivity index (χ1n) is 11.3. The predicted octanol–water partition coefficient (Wildman–Crippen LogP) is 7.29. The molecule has 0 saturated heterocycles. The van der Waals surface area contributed by atoms with Gasteiger partial charge in [0.05, 0.1) is 20.8 Å². The van der Waals surface area contributed by atoms with Crippen molar-refractivity contribution in [3.63, 3.8) is 0 Å². The van der Waals surface area contributed by atoms with Crippen molar-refractivity contribution in [2.75, 3.05) is 10.2 Å². The molecule has 7 heteroatoms. The average molecular weight is 490 g/mol. The number of hydrazine groups is 2. The molecule has 0 fully saturated rings. The zero-order valence-corrected chi connectivity index (χ0v) is 20.1. The van der Waals surface area contributed by atoms with Gasteiger partial charge in [-0.1, -0.05) is 78.9 Å². The lowest BCUT2D eigenvalue weighted by atomic mass is 10.2. The number of hydrazone groups is 1. The first kappa shape index (κ1) is 20.2. The van der Waals surface area contributed by atoms with E-state index in [2.05, 4.69) is 77.3 Å². The number of hydrogen-bond acceptors (Lipinski definition) is 7. The van der Waals surface area contributed by atoms with Gasteiger partial charge in [0.1, 0.15) is 10.7 Å². The Hall–Kier alpha value is -4.20. The van der Waals surface area contributed by atoms with E-state index < -0.39 is 0 Å². The summed E-state index contributed by atoms with van der Waals surface area (Å²) in [4.78, 5) is 6.12. The van der Waals surface area contributed by atoms with E-state index in [1.807, 2.05) is 47.6 Å². The number of fused-ring (bicyclic) bond motifs is 2. The van der Waals surface area contributed by atoms with Crippen LogP contribution in [0.25, 0.3) is 30.2 Å². The Labute approximate surface area is 210 Å². The van der Waals surface area contributed by atoms with Crippen molar-refractivity contribution in [3.05, 3.63) is 115 Å². The molecule has 0 bridgehead atoms. The summed E-state index contributed by atoms with van der Waals surface area (Å²) < 4.78 is 2.39. The van der Waals surface area contributed by atoms with Crippen molar-refractivity contribution < 1.29 is 0 Å². The number of thiophene rings is 1. The number of hydrogen-bond donors (Lipinski definition) is 1. The highest BCUT2D eigenvalue weighted by Gasteiger charge is 2.32. The van der Waals surface area contributed by atoms with Crippen LogP contribution in [0.15, 0.2) is 114 Å². The molecule has 1 N–H and O–H groups in total. The van der Waals surface area contributed by atoms with Crippen LogP contribution < -0.4 is 15.7 Å². The Kier molecular flexibility index (Phi) is 4.75. The molecule has 4 aromatic carbocycles. The van der Waals surface area contributed by atoms with E-state index in [9.17, 15) is 0 Å². The van der Waals surface area contributed by atoms with Crippen LogP contribution >= 0.6 is 22.7 Å².